The Morgan fingerprint density at radius 2 is 1.77 bits per heavy atom. The highest BCUT2D eigenvalue weighted by Crippen LogP contribution is 2.27. The molecule has 30 heavy (non-hydrogen) atoms. The molecule has 156 valence electrons. The number of amides is 1. The van der Waals surface area contributed by atoms with Crippen molar-refractivity contribution in [3.63, 3.8) is 0 Å². The second-order valence-electron chi connectivity index (χ2n) is 7.12. The Bertz CT molecular complexity index is 1020. The number of nitrogens with zero attached hydrogens (tertiary/aromatic N) is 1. The summed E-state index contributed by atoms with van der Waals surface area (Å²) in [5.74, 6) is -2.06. The van der Waals surface area contributed by atoms with E-state index in [-0.39, 0.29) is 16.7 Å². The fraction of sp³-hybridized carbons (Fsp3) is 0.227. The Balaban J connectivity index is 1.63. The van der Waals surface area contributed by atoms with Gasteiger partial charge >= 0.3 is 5.97 Å². The monoisotopic (exact) mass is 427 g/mol. The zero-order valence-corrected chi connectivity index (χ0v) is 17.4. The van der Waals surface area contributed by atoms with Crippen molar-refractivity contribution in [1.29, 1.82) is 0 Å². The molecule has 8 heteroatoms. The molecule has 0 radical (unpaired) electrons. The minimum atomic E-state index is -1.07. The zero-order chi connectivity index (χ0) is 21.7. The number of rotatable bonds is 8. The standard InChI is InChI=1S/C22H22FN3O3S/c1-13(2)19(22(28)29)26-20(27)21-25-12-18(30-21)15-5-9-17(10-6-15)24-11-14-3-7-16(23)8-4-14/h3-10,12-13,19,24H,11H2,1-2H3,(H,26,27)(H,28,29). The van der Waals surface area contributed by atoms with Crippen LogP contribution in [-0.4, -0.2) is 28.0 Å². The number of carbonyl (C=O) groups excluding carboxylic acids is 1. The summed E-state index contributed by atoms with van der Waals surface area (Å²) in [4.78, 5) is 28.6. The molecular formula is C22H22FN3O3S. The van der Waals surface area contributed by atoms with Gasteiger partial charge in [0.25, 0.3) is 5.91 Å². The van der Waals surface area contributed by atoms with Gasteiger partial charge in [-0.3, -0.25) is 4.79 Å². The van der Waals surface area contributed by atoms with E-state index in [1.165, 1.54) is 23.5 Å². The molecular weight excluding hydrogens is 405 g/mol. The first-order chi connectivity index (χ1) is 14.3. The van der Waals surface area contributed by atoms with Crippen LogP contribution >= 0.6 is 11.3 Å². The van der Waals surface area contributed by atoms with Crippen LogP contribution in [0, 0.1) is 11.7 Å². The normalized spacial score (nSPS) is 11.9. The van der Waals surface area contributed by atoms with Crippen molar-refractivity contribution in [2.75, 3.05) is 5.32 Å². The van der Waals surface area contributed by atoms with Crippen molar-refractivity contribution in [3.8, 4) is 10.4 Å². The highest BCUT2D eigenvalue weighted by atomic mass is 32.1. The van der Waals surface area contributed by atoms with Gasteiger partial charge in [-0.25, -0.2) is 14.2 Å². The van der Waals surface area contributed by atoms with Crippen LogP contribution in [0.3, 0.4) is 0 Å². The van der Waals surface area contributed by atoms with Gasteiger partial charge in [0.1, 0.15) is 11.9 Å². The van der Waals surface area contributed by atoms with Gasteiger partial charge in [0, 0.05) is 18.4 Å². The van der Waals surface area contributed by atoms with Crippen LogP contribution in [0.2, 0.25) is 0 Å². The van der Waals surface area contributed by atoms with Crippen LogP contribution in [0.5, 0.6) is 0 Å². The number of nitrogens with one attached hydrogen (secondary N) is 2. The first kappa shape index (κ1) is 21.4. The van der Waals surface area contributed by atoms with Crippen molar-refractivity contribution in [1.82, 2.24) is 10.3 Å². The van der Waals surface area contributed by atoms with E-state index in [1.54, 1.807) is 32.2 Å². The molecule has 1 aromatic heterocycles. The number of carboxylic acids is 1. The van der Waals surface area contributed by atoms with Crippen LogP contribution in [-0.2, 0) is 11.3 Å². The lowest BCUT2D eigenvalue weighted by molar-refractivity contribution is -0.140. The molecule has 0 aliphatic carbocycles. The Morgan fingerprint density at radius 3 is 2.37 bits per heavy atom. The minimum absolute atomic E-state index is 0.218. The van der Waals surface area contributed by atoms with Gasteiger partial charge in [0.15, 0.2) is 5.01 Å². The highest BCUT2D eigenvalue weighted by Gasteiger charge is 2.25. The first-order valence-electron chi connectivity index (χ1n) is 9.41. The number of aliphatic carboxylic acids is 1. The number of benzene rings is 2. The van der Waals surface area contributed by atoms with Crippen LogP contribution < -0.4 is 10.6 Å². The van der Waals surface area contributed by atoms with E-state index in [0.29, 0.717) is 6.54 Å². The summed E-state index contributed by atoms with van der Waals surface area (Å²) in [5, 5.41) is 15.2. The molecule has 0 saturated carbocycles. The number of carboxylic acid groups (broad SMARTS) is 1. The van der Waals surface area contributed by atoms with Crippen LogP contribution in [0.1, 0.15) is 29.2 Å². The SMILES string of the molecule is CC(C)C(NC(=O)c1ncc(-c2ccc(NCc3ccc(F)cc3)cc2)s1)C(=O)O. The third-order valence-electron chi connectivity index (χ3n) is 4.50. The molecule has 1 atom stereocenters. The van der Waals surface area contributed by atoms with E-state index < -0.39 is 17.9 Å². The molecule has 1 amide bonds. The third-order valence-corrected chi connectivity index (χ3v) is 5.54. The lowest BCUT2D eigenvalue weighted by Crippen LogP contribution is -2.44. The molecule has 0 fully saturated rings. The van der Waals surface area contributed by atoms with Gasteiger partial charge in [-0.05, 0) is 41.3 Å². The number of hydrogen-bond donors (Lipinski definition) is 3. The predicted octanol–water partition coefficient (Wildman–Crippen LogP) is 4.40. The molecule has 0 aliphatic heterocycles. The van der Waals surface area contributed by atoms with E-state index in [1.807, 2.05) is 24.3 Å². The second-order valence-corrected chi connectivity index (χ2v) is 8.15. The summed E-state index contributed by atoms with van der Waals surface area (Å²) in [5.41, 5.74) is 2.78. The number of thiazole rings is 1. The summed E-state index contributed by atoms with van der Waals surface area (Å²) in [6, 6.07) is 13.0. The number of halogens is 1. The van der Waals surface area contributed by atoms with Crippen LogP contribution in [0.15, 0.2) is 54.7 Å². The van der Waals surface area contributed by atoms with Gasteiger partial charge in [0.05, 0.1) is 4.88 Å². The molecule has 0 spiro atoms. The molecule has 6 nitrogen and oxygen atoms in total. The fourth-order valence-corrected chi connectivity index (χ4v) is 3.61. The van der Waals surface area contributed by atoms with Crippen molar-refractivity contribution < 1.29 is 19.1 Å². The minimum Gasteiger partial charge on any atom is -0.480 e. The van der Waals surface area contributed by atoms with E-state index in [4.69, 9.17) is 0 Å². The summed E-state index contributed by atoms with van der Waals surface area (Å²) in [6.07, 6.45) is 1.60. The number of anilines is 1. The van der Waals surface area contributed by atoms with Gasteiger partial charge in [-0.2, -0.15) is 0 Å². The molecule has 0 aliphatic rings. The van der Waals surface area contributed by atoms with Gasteiger partial charge < -0.3 is 15.7 Å². The third kappa shape index (κ3) is 5.42. The summed E-state index contributed by atoms with van der Waals surface area (Å²) in [7, 11) is 0. The van der Waals surface area contributed by atoms with Crippen molar-refractivity contribution >= 4 is 28.9 Å². The molecule has 0 bridgehead atoms. The van der Waals surface area contributed by atoms with Gasteiger partial charge in [-0.15, -0.1) is 11.3 Å². The molecule has 3 aromatic rings. The lowest BCUT2D eigenvalue weighted by Gasteiger charge is -2.16. The molecule has 0 saturated heterocycles. The second kappa shape index (κ2) is 9.49. The van der Waals surface area contributed by atoms with Crippen molar-refractivity contribution in [3.05, 3.63) is 71.1 Å². The average molecular weight is 428 g/mol. The average Bonchev–Trinajstić information content (AvgIpc) is 3.22. The maximum Gasteiger partial charge on any atom is 0.326 e. The fourth-order valence-electron chi connectivity index (χ4n) is 2.79. The van der Waals surface area contributed by atoms with Crippen LogP contribution in [0.4, 0.5) is 10.1 Å². The Hall–Kier alpha value is -3.26. The van der Waals surface area contributed by atoms with E-state index in [0.717, 1.165) is 21.7 Å². The van der Waals surface area contributed by atoms with E-state index >= 15 is 0 Å². The largest absolute Gasteiger partial charge is 0.480 e. The molecule has 1 heterocycles. The summed E-state index contributed by atoms with van der Waals surface area (Å²) in [6.45, 7) is 4.04. The van der Waals surface area contributed by atoms with Crippen molar-refractivity contribution in [2.24, 2.45) is 5.92 Å². The van der Waals surface area contributed by atoms with Crippen molar-refractivity contribution in [2.45, 2.75) is 26.4 Å². The summed E-state index contributed by atoms with van der Waals surface area (Å²) >= 11 is 1.20. The Kier molecular flexibility index (Phi) is 6.79. The molecule has 3 N–H and O–H groups in total. The number of hydrogen-bond acceptors (Lipinski definition) is 5. The van der Waals surface area contributed by atoms with E-state index in [9.17, 15) is 19.1 Å². The molecule has 3 rings (SSSR count). The first-order valence-corrected chi connectivity index (χ1v) is 10.2. The Labute approximate surface area is 177 Å². The smallest absolute Gasteiger partial charge is 0.326 e. The van der Waals surface area contributed by atoms with E-state index in [2.05, 4.69) is 15.6 Å². The van der Waals surface area contributed by atoms with Crippen LogP contribution in [0.25, 0.3) is 10.4 Å². The Morgan fingerprint density at radius 1 is 1.10 bits per heavy atom. The highest BCUT2D eigenvalue weighted by molar-refractivity contribution is 7.17. The predicted molar refractivity (Wildman–Crippen MR) is 115 cm³/mol. The van der Waals surface area contributed by atoms with Gasteiger partial charge in [0.2, 0.25) is 0 Å². The number of carbonyl (C=O) groups is 2. The zero-order valence-electron chi connectivity index (χ0n) is 16.6. The maximum absolute atomic E-state index is 13.0. The summed E-state index contributed by atoms with van der Waals surface area (Å²) < 4.78 is 13.0. The molecule has 2 aromatic carbocycles. The molecule has 1 unspecified atom stereocenters. The van der Waals surface area contributed by atoms with Gasteiger partial charge in [-0.1, -0.05) is 38.1 Å². The number of aromatic nitrogens is 1. The quantitative estimate of drug-likeness (QED) is 0.496. The lowest BCUT2D eigenvalue weighted by atomic mass is 10.1. The topological polar surface area (TPSA) is 91.3 Å². The maximum atomic E-state index is 13.0.